The molecule has 2 unspecified atom stereocenters. The molecule has 2 heterocycles. The summed E-state index contributed by atoms with van der Waals surface area (Å²) >= 11 is 0. The lowest BCUT2D eigenvalue weighted by Gasteiger charge is -2.37. The van der Waals surface area contributed by atoms with Gasteiger partial charge in [0.05, 0.1) is 18.6 Å². The molecule has 2 atom stereocenters. The van der Waals surface area contributed by atoms with Crippen molar-refractivity contribution in [3.63, 3.8) is 0 Å². The standard InChI is InChI=1S/C13H19N3O3/c1-3-9-13(18)15-12(17)7-16(9)10(6-14)11-5-4-8(2)19-11/h4-5,9-10H,3,6-7,14H2,1-2H3,(H,15,17,18). The van der Waals surface area contributed by atoms with Gasteiger partial charge in [-0.1, -0.05) is 6.92 Å². The SMILES string of the molecule is CCC1C(=O)NC(=O)CN1C(CN)c1ccc(C)o1. The van der Waals surface area contributed by atoms with Crippen LogP contribution in [0.2, 0.25) is 0 Å². The molecule has 0 spiro atoms. The second kappa shape index (κ2) is 5.54. The maximum absolute atomic E-state index is 11.9. The van der Waals surface area contributed by atoms with Gasteiger partial charge in [-0.25, -0.2) is 0 Å². The van der Waals surface area contributed by atoms with Gasteiger partial charge in [0, 0.05) is 6.54 Å². The van der Waals surface area contributed by atoms with Crippen LogP contribution in [0.1, 0.15) is 30.9 Å². The number of carbonyl (C=O) groups is 2. The Hall–Kier alpha value is -1.66. The van der Waals surface area contributed by atoms with Crippen LogP contribution in [-0.2, 0) is 9.59 Å². The average Bonchev–Trinajstić information content (AvgIpc) is 2.76. The van der Waals surface area contributed by atoms with Gasteiger partial charge in [-0.3, -0.25) is 19.8 Å². The minimum Gasteiger partial charge on any atom is -0.465 e. The van der Waals surface area contributed by atoms with Crippen molar-refractivity contribution in [2.75, 3.05) is 13.1 Å². The molecule has 1 aromatic rings. The third-order valence-corrected chi connectivity index (χ3v) is 3.39. The maximum atomic E-state index is 11.9. The van der Waals surface area contributed by atoms with Gasteiger partial charge in [0.25, 0.3) is 0 Å². The first-order valence-electron chi connectivity index (χ1n) is 6.42. The summed E-state index contributed by atoms with van der Waals surface area (Å²) in [5.74, 6) is 0.923. The van der Waals surface area contributed by atoms with E-state index in [1.165, 1.54) is 0 Å². The predicted octanol–water partition coefficient (Wildman–Crippen LogP) is 0.325. The molecule has 2 rings (SSSR count). The first kappa shape index (κ1) is 13.8. The lowest BCUT2D eigenvalue weighted by atomic mass is 10.0. The Labute approximate surface area is 111 Å². The van der Waals surface area contributed by atoms with Crippen LogP contribution in [0.25, 0.3) is 0 Å². The first-order valence-corrected chi connectivity index (χ1v) is 6.42. The normalized spacial score (nSPS) is 22.4. The third kappa shape index (κ3) is 2.69. The van der Waals surface area contributed by atoms with Gasteiger partial charge in [-0.05, 0) is 25.5 Å². The molecule has 6 heteroatoms. The van der Waals surface area contributed by atoms with E-state index in [0.29, 0.717) is 18.7 Å². The van der Waals surface area contributed by atoms with Gasteiger partial charge < -0.3 is 10.2 Å². The zero-order valence-electron chi connectivity index (χ0n) is 11.2. The summed E-state index contributed by atoms with van der Waals surface area (Å²) in [7, 11) is 0. The molecule has 3 N–H and O–H groups in total. The van der Waals surface area contributed by atoms with Gasteiger partial charge >= 0.3 is 0 Å². The van der Waals surface area contributed by atoms with Crippen molar-refractivity contribution in [3.05, 3.63) is 23.7 Å². The van der Waals surface area contributed by atoms with Crippen molar-refractivity contribution < 1.29 is 14.0 Å². The number of carbonyl (C=O) groups excluding carboxylic acids is 2. The topological polar surface area (TPSA) is 88.6 Å². The molecule has 0 aliphatic carbocycles. The van der Waals surface area contributed by atoms with Crippen LogP contribution in [-0.4, -0.2) is 35.8 Å². The molecule has 0 aromatic carbocycles. The lowest BCUT2D eigenvalue weighted by molar-refractivity contribution is -0.141. The van der Waals surface area contributed by atoms with E-state index in [4.69, 9.17) is 10.2 Å². The summed E-state index contributed by atoms with van der Waals surface area (Å²) in [6.07, 6.45) is 0.620. The van der Waals surface area contributed by atoms with Gasteiger partial charge in [0.2, 0.25) is 11.8 Å². The van der Waals surface area contributed by atoms with Crippen molar-refractivity contribution in [1.29, 1.82) is 0 Å². The highest BCUT2D eigenvalue weighted by molar-refractivity contribution is 6.01. The van der Waals surface area contributed by atoms with Crippen molar-refractivity contribution in [3.8, 4) is 0 Å². The molecule has 1 saturated heterocycles. The van der Waals surface area contributed by atoms with E-state index in [1.54, 1.807) is 0 Å². The number of piperazine rings is 1. The van der Waals surface area contributed by atoms with Crippen LogP contribution in [0.3, 0.4) is 0 Å². The number of nitrogens with zero attached hydrogens (tertiary/aromatic N) is 1. The Bertz CT molecular complexity index is 483. The Kier molecular flexibility index (Phi) is 4.01. The molecule has 2 amide bonds. The van der Waals surface area contributed by atoms with Crippen LogP contribution >= 0.6 is 0 Å². The zero-order valence-corrected chi connectivity index (χ0v) is 11.2. The van der Waals surface area contributed by atoms with Crippen molar-refractivity contribution in [2.24, 2.45) is 5.73 Å². The molecule has 0 bridgehead atoms. The highest BCUT2D eigenvalue weighted by Crippen LogP contribution is 2.26. The van der Waals surface area contributed by atoms with Crippen molar-refractivity contribution in [2.45, 2.75) is 32.4 Å². The molecule has 0 saturated carbocycles. The Morgan fingerprint density at radius 3 is 2.79 bits per heavy atom. The summed E-state index contributed by atoms with van der Waals surface area (Å²) in [4.78, 5) is 25.2. The number of amides is 2. The molecule has 19 heavy (non-hydrogen) atoms. The average molecular weight is 265 g/mol. The molecule has 1 aromatic heterocycles. The van der Waals surface area contributed by atoms with Crippen LogP contribution in [0.4, 0.5) is 0 Å². The van der Waals surface area contributed by atoms with E-state index in [0.717, 1.165) is 5.76 Å². The number of nitrogens with one attached hydrogen (secondary N) is 1. The number of hydrogen-bond donors (Lipinski definition) is 2. The molecule has 1 aliphatic heterocycles. The van der Waals surface area contributed by atoms with Crippen molar-refractivity contribution >= 4 is 11.8 Å². The fraction of sp³-hybridized carbons (Fsp3) is 0.538. The zero-order chi connectivity index (χ0) is 14.0. The highest BCUT2D eigenvalue weighted by Gasteiger charge is 2.37. The van der Waals surface area contributed by atoms with Gasteiger partial charge in [-0.2, -0.15) is 0 Å². The summed E-state index contributed by atoms with van der Waals surface area (Å²) < 4.78 is 5.59. The second-order valence-corrected chi connectivity index (χ2v) is 4.71. The molecule has 1 aliphatic rings. The Morgan fingerprint density at radius 1 is 1.53 bits per heavy atom. The minimum absolute atomic E-state index is 0.159. The third-order valence-electron chi connectivity index (χ3n) is 3.39. The molecule has 104 valence electrons. The van der Waals surface area contributed by atoms with E-state index in [2.05, 4.69) is 5.32 Å². The number of rotatable bonds is 4. The monoisotopic (exact) mass is 265 g/mol. The second-order valence-electron chi connectivity index (χ2n) is 4.71. The summed E-state index contributed by atoms with van der Waals surface area (Å²) in [5.41, 5.74) is 5.81. The van der Waals surface area contributed by atoms with Crippen LogP contribution in [0.15, 0.2) is 16.5 Å². The summed E-state index contributed by atoms with van der Waals surface area (Å²) in [6, 6.07) is 3.09. The summed E-state index contributed by atoms with van der Waals surface area (Å²) in [6.45, 7) is 4.21. The fourth-order valence-electron chi connectivity index (χ4n) is 2.48. The molecular formula is C13H19N3O3. The van der Waals surface area contributed by atoms with E-state index < -0.39 is 0 Å². The van der Waals surface area contributed by atoms with E-state index in [-0.39, 0.29) is 30.4 Å². The quantitative estimate of drug-likeness (QED) is 0.766. The molecule has 0 radical (unpaired) electrons. The van der Waals surface area contributed by atoms with Gasteiger partial charge in [0.15, 0.2) is 0 Å². The highest BCUT2D eigenvalue weighted by atomic mass is 16.3. The summed E-state index contributed by atoms with van der Waals surface area (Å²) in [5, 5.41) is 2.35. The lowest BCUT2D eigenvalue weighted by Crippen LogP contribution is -2.59. The molecule has 1 fully saturated rings. The predicted molar refractivity (Wildman–Crippen MR) is 69.2 cm³/mol. The minimum atomic E-state index is -0.350. The molecular weight excluding hydrogens is 246 g/mol. The van der Waals surface area contributed by atoms with Crippen LogP contribution in [0, 0.1) is 6.92 Å². The van der Waals surface area contributed by atoms with Gasteiger partial charge in [-0.15, -0.1) is 0 Å². The van der Waals surface area contributed by atoms with Crippen LogP contribution < -0.4 is 11.1 Å². The van der Waals surface area contributed by atoms with E-state index >= 15 is 0 Å². The number of aryl methyl sites for hydroxylation is 1. The molecule has 6 nitrogen and oxygen atoms in total. The number of nitrogens with two attached hydrogens (primary N) is 1. The largest absolute Gasteiger partial charge is 0.465 e. The fourth-order valence-corrected chi connectivity index (χ4v) is 2.48. The smallest absolute Gasteiger partial charge is 0.243 e. The Morgan fingerprint density at radius 2 is 2.26 bits per heavy atom. The van der Waals surface area contributed by atoms with E-state index in [9.17, 15) is 9.59 Å². The van der Waals surface area contributed by atoms with Crippen LogP contribution in [0.5, 0.6) is 0 Å². The number of imide groups is 1. The van der Waals surface area contributed by atoms with E-state index in [1.807, 2.05) is 30.9 Å². The number of hydrogen-bond acceptors (Lipinski definition) is 5. The number of furan rings is 1. The maximum Gasteiger partial charge on any atom is 0.243 e. The Balaban J connectivity index is 2.29. The van der Waals surface area contributed by atoms with Gasteiger partial charge in [0.1, 0.15) is 11.5 Å². The first-order chi connectivity index (χ1) is 9.06. The van der Waals surface area contributed by atoms with Crippen molar-refractivity contribution in [1.82, 2.24) is 10.2 Å².